The maximum absolute atomic E-state index is 5.93. The van der Waals surface area contributed by atoms with Gasteiger partial charge in [-0.2, -0.15) is 0 Å². The third-order valence-corrected chi connectivity index (χ3v) is 4.96. The molecule has 0 aliphatic carbocycles. The first kappa shape index (κ1) is 15.0. The Balaban J connectivity index is 2.21. The maximum atomic E-state index is 5.93. The highest BCUT2D eigenvalue weighted by atomic mass is 28.2. The highest BCUT2D eigenvalue weighted by Gasteiger charge is 2.04. The van der Waals surface area contributed by atoms with Gasteiger partial charge in [-0.15, -0.1) is 0 Å². The molecule has 1 rings (SSSR count). The van der Waals surface area contributed by atoms with Crippen LogP contribution >= 0.6 is 0 Å². The summed E-state index contributed by atoms with van der Waals surface area (Å²) in [5.74, 6) is 0.0504. The molecule has 1 aromatic carbocycles. The van der Waals surface area contributed by atoms with E-state index in [-0.39, 0.29) is 15.4 Å². The van der Waals surface area contributed by atoms with Crippen LogP contribution in [0.4, 0.5) is 11.4 Å². The van der Waals surface area contributed by atoms with Crippen LogP contribution in [-0.4, -0.2) is 36.2 Å². The molecule has 0 atom stereocenters. The molecule has 102 valence electrons. The zero-order valence-electron chi connectivity index (χ0n) is 11.5. The van der Waals surface area contributed by atoms with Gasteiger partial charge in [-0.25, -0.2) is 0 Å². The molecule has 4 nitrogen and oxygen atoms in total. The fourth-order valence-electron chi connectivity index (χ4n) is 1.83. The fraction of sp³-hybridized carbons (Fsp3) is 0.538. The Morgan fingerprint density at radius 1 is 1.33 bits per heavy atom. The van der Waals surface area contributed by atoms with Crippen LogP contribution in [-0.2, 0) is 9.47 Å². The standard InChI is InChI=1S/C13H24N2O2Si/c1-10-5-6-12(11(14)9-10)15-7-4-8-18-13(16-2)17-3/h5-6,9,13,15H,4,7-8,14,18H2,1-3H3. The predicted molar refractivity (Wildman–Crippen MR) is 79.9 cm³/mol. The van der Waals surface area contributed by atoms with Gasteiger partial charge in [-0.1, -0.05) is 12.1 Å². The number of hydrogen-bond donors (Lipinski definition) is 2. The van der Waals surface area contributed by atoms with Gasteiger partial charge < -0.3 is 20.5 Å². The summed E-state index contributed by atoms with van der Waals surface area (Å²) < 4.78 is 10.4. The number of nitrogens with two attached hydrogens (primary N) is 1. The van der Waals surface area contributed by atoms with E-state index >= 15 is 0 Å². The van der Waals surface area contributed by atoms with Crippen LogP contribution in [0.1, 0.15) is 12.0 Å². The van der Waals surface area contributed by atoms with Crippen molar-refractivity contribution in [2.24, 2.45) is 0 Å². The minimum atomic E-state index is -0.307. The molecule has 0 fully saturated rings. The molecule has 3 N–H and O–H groups in total. The van der Waals surface area contributed by atoms with Crippen LogP contribution < -0.4 is 11.1 Å². The second kappa shape index (κ2) is 8.13. The molecule has 0 aliphatic rings. The maximum Gasteiger partial charge on any atom is 0.134 e. The lowest BCUT2D eigenvalue weighted by Gasteiger charge is -2.13. The summed E-state index contributed by atoms with van der Waals surface area (Å²) in [6.07, 6.45) is 1.13. The van der Waals surface area contributed by atoms with Crippen LogP contribution in [0.5, 0.6) is 0 Å². The van der Waals surface area contributed by atoms with Gasteiger partial charge in [0.25, 0.3) is 0 Å². The second-order valence-electron chi connectivity index (χ2n) is 4.41. The monoisotopic (exact) mass is 268 g/mol. The zero-order chi connectivity index (χ0) is 13.4. The van der Waals surface area contributed by atoms with E-state index in [0.29, 0.717) is 0 Å². The molecule has 18 heavy (non-hydrogen) atoms. The number of anilines is 2. The smallest absolute Gasteiger partial charge is 0.134 e. The van der Waals surface area contributed by atoms with Crippen molar-refractivity contribution in [1.29, 1.82) is 0 Å². The van der Waals surface area contributed by atoms with Crippen LogP contribution in [0.15, 0.2) is 18.2 Å². The van der Waals surface area contributed by atoms with Crippen molar-refractivity contribution < 1.29 is 9.47 Å². The first-order valence-electron chi connectivity index (χ1n) is 6.33. The Hall–Kier alpha value is -1.04. The third-order valence-electron chi connectivity index (χ3n) is 2.91. The number of rotatable bonds is 8. The van der Waals surface area contributed by atoms with Crippen molar-refractivity contribution >= 4 is 20.9 Å². The summed E-state index contributed by atoms with van der Waals surface area (Å²) in [6.45, 7) is 2.99. The molecular formula is C13H24N2O2Si. The number of nitrogens with one attached hydrogen (secondary N) is 1. The fourth-order valence-corrected chi connectivity index (χ4v) is 3.18. The van der Waals surface area contributed by atoms with Crippen LogP contribution in [0.25, 0.3) is 0 Å². The van der Waals surface area contributed by atoms with E-state index in [4.69, 9.17) is 15.2 Å². The molecule has 0 radical (unpaired) electrons. The quantitative estimate of drug-likeness (QED) is 0.325. The lowest BCUT2D eigenvalue weighted by atomic mass is 10.2. The lowest BCUT2D eigenvalue weighted by molar-refractivity contribution is -0.0441. The third kappa shape index (κ3) is 5.08. The zero-order valence-corrected chi connectivity index (χ0v) is 12.9. The van der Waals surface area contributed by atoms with Crippen LogP contribution in [0.2, 0.25) is 6.04 Å². The number of hydrogen-bond acceptors (Lipinski definition) is 4. The molecule has 0 saturated carbocycles. The van der Waals surface area contributed by atoms with Crippen LogP contribution in [0, 0.1) is 6.92 Å². The van der Waals surface area contributed by atoms with Gasteiger partial charge in [0.15, 0.2) is 0 Å². The van der Waals surface area contributed by atoms with Crippen molar-refractivity contribution in [2.45, 2.75) is 25.3 Å². The summed E-state index contributed by atoms with van der Waals surface area (Å²) >= 11 is 0. The SMILES string of the molecule is COC(OC)[SiH2]CCCNc1ccc(C)cc1N. The Morgan fingerprint density at radius 2 is 2.06 bits per heavy atom. The Bertz CT molecular complexity index is 357. The second-order valence-corrected chi connectivity index (χ2v) is 6.37. The average molecular weight is 268 g/mol. The van der Waals surface area contributed by atoms with Crippen molar-refractivity contribution in [1.82, 2.24) is 0 Å². The van der Waals surface area contributed by atoms with Gasteiger partial charge in [-0.05, 0) is 31.0 Å². The minimum absolute atomic E-state index is 0.0504. The van der Waals surface area contributed by atoms with Gasteiger partial charge >= 0.3 is 0 Å². The lowest BCUT2D eigenvalue weighted by Crippen LogP contribution is -2.21. The molecule has 0 aromatic heterocycles. The molecule has 5 heteroatoms. The number of nitrogen functional groups attached to an aromatic ring is 1. The van der Waals surface area contributed by atoms with Gasteiger partial charge in [-0.3, -0.25) is 0 Å². The van der Waals surface area contributed by atoms with Crippen molar-refractivity contribution in [2.75, 3.05) is 31.8 Å². The summed E-state index contributed by atoms with van der Waals surface area (Å²) in [5, 5.41) is 3.37. The number of ether oxygens (including phenoxy) is 2. The normalized spacial score (nSPS) is 11.6. The van der Waals surface area contributed by atoms with Crippen molar-refractivity contribution in [3.05, 3.63) is 23.8 Å². The summed E-state index contributed by atoms with van der Waals surface area (Å²) in [7, 11) is 3.09. The van der Waals surface area contributed by atoms with E-state index in [1.54, 1.807) is 14.2 Å². The molecule has 0 spiro atoms. The molecule has 0 unspecified atom stereocenters. The van der Waals surface area contributed by atoms with E-state index in [1.807, 2.05) is 19.1 Å². The van der Waals surface area contributed by atoms with E-state index in [9.17, 15) is 0 Å². The Labute approximate surface area is 112 Å². The van der Waals surface area contributed by atoms with E-state index in [1.165, 1.54) is 11.6 Å². The highest BCUT2D eigenvalue weighted by Crippen LogP contribution is 2.19. The summed E-state index contributed by atoms with van der Waals surface area (Å²) in [4.78, 5) is 0. The van der Waals surface area contributed by atoms with Crippen molar-refractivity contribution in [3.8, 4) is 0 Å². The summed E-state index contributed by atoms with van der Waals surface area (Å²) in [6, 6.07) is 7.29. The topological polar surface area (TPSA) is 56.5 Å². The van der Waals surface area contributed by atoms with E-state index in [0.717, 1.165) is 24.3 Å². The highest BCUT2D eigenvalue weighted by molar-refractivity contribution is 6.36. The summed E-state index contributed by atoms with van der Waals surface area (Å²) in [5.41, 5.74) is 8.97. The Morgan fingerprint density at radius 3 is 2.67 bits per heavy atom. The van der Waals surface area contributed by atoms with Crippen molar-refractivity contribution in [3.63, 3.8) is 0 Å². The Kier molecular flexibility index (Phi) is 6.78. The first-order chi connectivity index (χ1) is 8.67. The van der Waals surface area contributed by atoms with Gasteiger partial charge in [0.1, 0.15) is 5.91 Å². The van der Waals surface area contributed by atoms with Gasteiger partial charge in [0, 0.05) is 20.8 Å². The first-order valence-corrected chi connectivity index (χ1v) is 8.14. The molecule has 1 aromatic rings. The number of methoxy groups -OCH3 is 2. The molecule has 0 saturated heterocycles. The van der Waals surface area contributed by atoms with Gasteiger partial charge in [0.05, 0.1) is 20.9 Å². The van der Waals surface area contributed by atoms with E-state index < -0.39 is 0 Å². The molecule has 0 amide bonds. The van der Waals surface area contributed by atoms with Gasteiger partial charge in [0.2, 0.25) is 0 Å². The predicted octanol–water partition coefficient (Wildman–Crippen LogP) is 1.54. The molecule has 0 heterocycles. The molecule has 0 bridgehead atoms. The number of aryl methyl sites for hydroxylation is 1. The minimum Gasteiger partial charge on any atom is -0.397 e. The van der Waals surface area contributed by atoms with Crippen LogP contribution in [0.3, 0.4) is 0 Å². The largest absolute Gasteiger partial charge is 0.397 e. The average Bonchev–Trinajstić information content (AvgIpc) is 2.36. The number of benzene rings is 1. The molecular weight excluding hydrogens is 244 g/mol. The van der Waals surface area contributed by atoms with E-state index in [2.05, 4.69) is 11.4 Å². The molecule has 0 aliphatic heterocycles.